The predicted molar refractivity (Wildman–Crippen MR) is 43.5 cm³/mol. The van der Waals surface area contributed by atoms with E-state index in [4.69, 9.17) is 4.84 Å². The lowest BCUT2D eigenvalue weighted by molar-refractivity contribution is 0.100. The smallest absolute Gasteiger partial charge is 0.122 e. The molecule has 0 aromatic carbocycles. The Bertz CT molecular complexity index is 161. The highest BCUT2D eigenvalue weighted by atomic mass is 16.6. The molecule has 0 radical (unpaired) electrons. The molecule has 0 atom stereocenters. The van der Waals surface area contributed by atoms with E-state index < -0.39 is 5.60 Å². The van der Waals surface area contributed by atoms with E-state index in [2.05, 4.69) is 5.16 Å². The molecule has 3 heteroatoms. The van der Waals surface area contributed by atoms with Gasteiger partial charge in [0.05, 0.1) is 5.71 Å². The van der Waals surface area contributed by atoms with Gasteiger partial charge in [-0.25, -0.2) is 0 Å². The zero-order chi connectivity index (χ0) is 8.32. The second-order valence-electron chi connectivity index (χ2n) is 2.86. The SMILES string of the molecule is CCC(O)(CC)C1=NOCC1. The molecule has 0 bridgehead atoms. The van der Waals surface area contributed by atoms with Crippen LogP contribution in [-0.4, -0.2) is 23.0 Å². The second kappa shape index (κ2) is 3.22. The summed E-state index contributed by atoms with van der Waals surface area (Å²) >= 11 is 0. The molecule has 0 saturated heterocycles. The molecule has 0 aromatic heterocycles. The molecule has 64 valence electrons. The Balaban J connectivity index is 2.67. The van der Waals surface area contributed by atoms with Crippen LogP contribution in [0, 0.1) is 0 Å². The van der Waals surface area contributed by atoms with Gasteiger partial charge in [0, 0.05) is 6.42 Å². The van der Waals surface area contributed by atoms with Crippen LogP contribution in [0.4, 0.5) is 0 Å². The zero-order valence-electron chi connectivity index (χ0n) is 7.13. The third kappa shape index (κ3) is 1.53. The maximum Gasteiger partial charge on any atom is 0.122 e. The molecule has 0 unspecified atom stereocenters. The average Bonchev–Trinajstić information content (AvgIpc) is 2.55. The van der Waals surface area contributed by atoms with Gasteiger partial charge < -0.3 is 9.94 Å². The average molecular weight is 157 g/mol. The Morgan fingerprint density at radius 2 is 2.18 bits per heavy atom. The van der Waals surface area contributed by atoms with E-state index in [0.717, 1.165) is 12.1 Å². The van der Waals surface area contributed by atoms with Gasteiger partial charge in [-0.3, -0.25) is 0 Å². The van der Waals surface area contributed by atoms with Gasteiger partial charge in [0.25, 0.3) is 0 Å². The van der Waals surface area contributed by atoms with Crippen molar-refractivity contribution in [3.05, 3.63) is 0 Å². The van der Waals surface area contributed by atoms with Gasteiger partial charge in [-0.15, -0.1) is 0 Å². The molecule has 1 aliphatic rings. The van der Waals surface area contributed by atoms with E-state index in [-0.39, 0.29) is 0 Å². The van der Waals surface area contributed by atoms with E-state index in [1.54, 1.807) is 0 Å². The predicted octanol–water partition coefficient (Wildman–Crippen LogP) is 1.31. The molecule has 11 heavy (non-hydrogen) atoms. The first-order valence-electron chi connectivity index (χ1n) is 4.14. The highest BCUT2D eigenvalue weighted by Crippen LogP contribution is 2.21. The minimum Gasteiger partial charge on any atom is -0.395 e. The van der Waals surface area contributed by atoms with Gasteiger partial charge in [0.15, 0.2) is 0 Å². The number of hydrogen-bond donors (Lipinski definition) is 1. The summed E-state index contributed by atoms with van der Waals surface area (Å²) in [5.41, 5.74) is 0.0961. The normalized spacial score (nSPS) is 17.9. The summed E-state index contributed by atoms with van der Waals surface area (Å²) in [5, 5.41) is 13.7. The number of aliphatic hydroxyl groups is 1. The maximum atomic E-state index is 9.92. The first-order valence-corrected chi connectivity index (χ1v) is 4.14. The molecular formula is C8H15NO2. The standard InChI is InChI=1S/C8H15NO2/c1-3-8(10,4-2)7-5-6-11-9-7/h10H,3-6H2,1-2H3. The molecule has 3 nitrogen and oxygen atoms in total. The van der Waals surface area contributed by atoms with Gasteiger partial charge in [-0.1, -0.05) is 19.0 Å². The van der Waals surface area contributed by atoms with Crippen LogP contribution >= 0.6 is 0 Å². The van der Waals surface area contributed by atoms with Gasteiger partial charge >= 0.3 is 0 Å². The Kier molecular flexibility index (Phi) is 2.49. The number of hydrogen-bond acceptors (Lipinski definition) is 3. The van der Waals surface area contributed by atoms with Crippen molar-refractivity contribution in [2.45, 2.75) is 38.7 Å². The lowest BCUT2D eigenvalue weighted by atomic mass is 9.90. The first-order chi connectivity index (χ1) is 5.23. The molecule has 0 saturated carbocycles. The van der Waals surface area contributed by atoms with Crippen molar-refractivity contribution in [1.29, 1.82) is 0 Å². The Morgan fingerprint density at radius 1 is 1.55 bits per heavy atom. The zero-order valence-corrected chi connectivity index (χ0v) is 7.13. The summed E-state index contributed by atoms with van der Waals surface area (Å²) in [7, 11) is 0. The van der Waals surface area contributed by atoms with Crippen LogP contribution in [0.2, 0.25) is 0 Å². The van der Waals surface area contributed by atoms with Crippen LogP contribution in [0.1, 0.15) is 33.1 Å². The summed E-state index contributed by atoms with van der Waals surface area (Å²) < 4.78 is 0. The van der Waals surface area contributed by atoms with Crippen LogP contribution in [0.15, 0.2) is 5.16 Å². The molecule has 0 aromatic rings. The molecule has 0 spiro atoms. The molecule has 1 heterocycles. The van der Waals surface area contributed by atoms with E-state index in [1.165, 1.54) is 0 Å². The van der Waals surface area contributed by atoms with Gasteiger partial charge in [-0.05, 0) is 12.8 Å². The van der Waals surface area contributed by atoms with E-state index in [9.17, 15) is 5.11 Å². The quantitative estimate of drug-likeness (QED) is 0.671. The van der Waals surface area contributed by atoms with Gasteiger partial charge in [0.1, 0.15) is 12.2 Å². The fraction of sp³-hybridized carbons (Fsp3) is 0.875. The highest BCUT2D eigenvalue weighted by molar-refractivity contribution is 5.92. The van der Waals surface area contributed by atoms with Crippen molar-refractivity contribution in [2.75, 3.05) is 6.61 Å². The largest absolute Gasteiger partial charge is 0.395 e. The Labute approximate surface area is 67.0 Å². The number of rotatable bonds is 3. The summed E-state index contributed by atoms with van der Waals surface area (Å²) in [6.45, 7) is 4.55. The topological polar surface area (TPSA) is 41.8 Å². The van der Waals surface area contributed by atoms with Crippen LogP contribution in [0.3, 0.4) is 0 Å². The van der Waals surface area contributed by atoms with Crippen LogP contribution < -0.4 is 0 Å². The summed E-state index contributed by atoms with van der Waals surface area (Å²) in [6, 6.07) is 0. The molecular weight excluding hydrogens is 142 g/mol. The molecule has 0 fully saturated rings. The second-order valence-corrected chi connectivity index (χ2v) is 2.86. The van der Waals surface area contributed by atoms with Crippen molar-refractivity contribution >= 4 is 5.71 Å². The third-order valence-electron chi connectivity index (χ3n) is 2.31. The van der Waals surface area contributed by atoms with E-state index in [1.807, 2.05) is 13.8 Å². The highest BCUT2D eigenvalue weighted by Gasteiger charge is 2.31. The van der Waals surface area contributed by atoms with Crippen LogP contribution in [-0.2, 0) is 4.84 Å². The summed E-state index contributed by atoms with van der Waals surface area (Å²) in [6.07, 6.45) is 2.20. The molecule has 1 rings (SSSR count). The summed E-state index contributed by atoms with van der Waals surface area (Å²) in [5.74, 6) is 0. The number of nitrogens with zero attached hydrogens (tertiary/aromatic N) is 1. The number of oxime groups is 1. The Morgan fingerprint density at radius 3 is 2.55 bits per heavy atom. The third-order valence-corrected chi connectivity index (χ3v) is 2.31. The van der Waals surface area contributed by atoms with Crippen molar-refractivity contribution in [1.82, 2.24) is 0 Å². The van der Waals surface area contributed by atoms with Gasteiger partial charge in [-0.2, -0.15) is 0 Å². The molecule has 0 aliphatic carbocycles. The summed E-state index contributed by atoms with van der Waals surface area (Å²) in [4.78, 5) is 4.83. The molecule has 0 amide bonds. The van der Waals surface area contributed by atoms with Crippen LogP contribution in [0.25, 0.3) is 0 Å². The monoisotopic (exact) mass is 157 g/mol. The fourth-order valence-corrected chi connectivity index (χ4v) is 1.29. The molecule has 1 aliphatic heterocycles. The van der Waals surface area contributed by atoms with Crippen LogP contribution in [0.5, 0.6) is 0 Å². The van der Waals surface area contributed by atoms with Gasteiger partial charge in [0.2, 0.25) is 0 Å². The van der Waals surface area contributed by atoms with Crippen molar-refractivity contribution < 1.29 is 9.94 Å². The minimum atomic E-state index is -0.712. The lowest BCUT2D eigenvalue weighted by Crippen LogP contribution is -2.36. The molecule has 1 N–H and O–H groups in total. The van der Waals surface area contributed by atoms with Crippen molar-refractivity contribution in [3.8, 4) is 0 Å². The Hall–Kier alpha value is -0.570. The van der Waals surface area contributed by atoms with Crippen molar-refractivity contribution in [2.24, 2.45) is 5.16 Å². The minimum absolute atomic E-state index is 0.623. The fourth-order valence-electron chi connectivity index (χ4n) is 1.29. The maximum absolute atomic E-state index is 9.92. The first kappa shape index (κ1) is 8.53. The van der Waals surface area contributed by atoms with E-state index in [0.29, 0.717) is 19.4 Å². The van der Waals surface area contributed by atoms with E-state index >= 15 is 0 Å². The lowest BCUT2D eigenvalue weighted by Gasteiger charge is -2.23. The van der Waals surface area contributed by atoms with Crippen molar-refractivity contribution in [3.63, 3.8) is 0 Å².